The predicted octanol–water partition coefficient (Wildman–Crippen LogP) is 2.21. The molecule has 0 saturated heterocycles. The third-order valence-electron chi connectivity index (χ3n) is 2.96. The normalized spacial score (nSPS) is 10.8. The van der Waals surface area contributed by atoms with Gasteiger partial charge in [-0.2, -0.15) is 5.10 Å². The molecule has 90 valence electrons. The molecule has 0 bridgehead atoms. The average Bonchev–Trinajstić information content (AvgIpc) is 2.60. The smallest absolute Gasteiger partial charge is 0.0958 e. The first kappa shape index (κ1) is 11.9. The summed E-state index contributed by atoms with van der Waals surface area (Å²) in [4.78, 5) is 0. The van der Waals surface area contributed by atoms with E-state index in [1.165, 1.54) is 22.3 Å². The van der Waals surface area contributed by atoms with Gasteiger partial charge in [-0.05, 0) is 37.9 Å². The van der Waals surface area contributed by atoms with Crippen molar-refractivity contribution in [1.82, 2.24) is 9.78 Å². The van der Waals surface area contributed by atoms with Crippen LogP contribution < -0.4 is 5.73 Å². The molecule has 0 amide bonds. The van der Waals surface area contributed by atoms with Gasteiger partial charge in [0, 0.05) is 18.8 Å². The van der Waals surface area contributed by atoms with E-state index in [0.29, 0.717) is 6.54 Å². The molecular formula is C14H19N3. The Morgan fingerprint density at radius 3 is 2.71 bits per heavy atom. The lowest BCUT2D eigenvalue weighted by Gasteiger charge is -2.06. The average molecular weight is 229 g/mol. The highest BCUT2D eigenvalue weighted by molar-refractivity contribution is 5.67. The predicted molar refractivity (Wildman–Crippen MR) is 70.9 cm³/mol. The topological polar surface area (TPSA) is 43.8 Å². The van der Waals surface area contributed by atoms with Crippen LogP contribution in [0.2, 0.25) is 0 Å². The maximum absolute atomic E-state index is 5.64. The SMILES string of the molecule is Cc1ccc(-c2nn(C)cc2CCN)c(C)c1. The van der Waals surface area contributed by atoms with Crippen molar-refractivity contribution in [2.45, 2.75) is 20.3 Å². The summed E-state index contributed by atoms with van der Waals surface area (Å²) in [5, 5.41) is 4.55. The van der Waals surface area contributed by atoms with Crippen LogP contribution >= 0.6 is 0 Å². The Hall–Kier alpha value is -1.61. The zero-order chi connectivity index (χ0) is 12.4. The Morgan fingerprint density at radius 1 is 1.29 bits per heavy atom. The van der Waals surface area contributed by atoms with Crippen LogP contribution in [-0.2, 0) is 13.5 Å². The van der Waals surface area contributed by atoms with E-state index < -0.39 is 0 Å². The van der Waals surface area contributed by atoms with Crippen LogP contribution in [0.25, 0.3) is 11.3 Å². The molecule has 0 unspecified atom stereocenters. The van der Waals surface area contributed by atoms with E-state index in [4.69, 9.17) is 5.73 Å². The highest BCUT2D eigenvalue weighted by atomic mass is 15.2. The lowest BCUT2D eigenvalue weighted by Crippen LogP contribution is -2.03. The van der Waals surface area contributed by atoms with Crippen molar-refractivity contribution in [3.05, 3.63) is 41.1 Å². The summed E-state index contributed by atoms with van der Waals surface area (Å²) < 4.78 is 1.86. The van der Waals surface area contributed by atoms with E-state index in [2.05, 4.69) is 43.3 Å². The van der Waals surface area contributed by atoms with Gasteiger partial charge in [0.15, 0.2) is 0 Å². The molecule has 0 saturated carbocycles. The molecule has 0 aliphatic rings. The number of nitrogens with two attached hydrogens (primary N) is 1. The Morgan fingerprint density at radius 2 is 2.06 bits per heavy atom. The molecule has 0 fully saturated rings. The van der Waals surface area contributed by atoms with Gasteiger partial charge in [-0.15, -0.1) is 0 Å². The van der Waals surface area contributed by atoms with Gasteiger partial charge in [0.2, 0.25) is 0 Å². The molecule has 0 aliphatic heterocycles. The highest BCUT2D eigenvalue weighted by Crippen LogP contribution is 2.26. The van der Waals surface area contributed by atoms with Crippen molar-refractivity contribution in [3.63, 3.8) is 0 Å². The molecule has 3 nitrogen and oxygen atoms in total. The second-order valence-corrected chi connectivity index (χ2v) is 4.53. The molecule has 2 N–H and O–H groups in total. The van der Waals surface area contributed by atoms with Crippen LogP contribution in [0.15, 0.2) is 24.4 Å². The maximum Gasteiger partial charge on any atom is 0.0958 e. The summed E-state index contributed by atoms with van der Waals surface area (Å²) in [5.74, 6) is 0. The Bertz CT molecular complexity index is 526. The number of hydrogen-bond acceptors (Lipinski definition) is 2. The van der Waals surface area contributed by atoms with E-state index in [-0.39, 0.29) is 0 Å². The summed E-state index contributed by atoms with van der Waals surface area (Å²) in [6.07, 6.45) is 2.93. The van der Waals surface area contributed by atoms with Crippen LogP contribution in [0.5, 0.6) is 0 Å². The standard InChI is InChI=1S/C14H19N3/c1-10-4-5-13(11(2)8-10)14-12(6-7-15)9-17(3)16-14/h4-5,8-9H,6-7,15H2,1-3H3. The minimum atomic E-state index is 0.656. The van der Waals surface area contributed by atoms with E-state index in [9.17, 15) is 0 Å². The van der Waals surface area contributed by atoms with Gasteiger partial charge in [-0.3, -0.25) is 4.68 Å². The first-order chi connectivity index (χ1) is 8.11. The molecule has 0 atom stereocenters. The Balaban J connectivity index is 2.51. The van der Waals surface area contributed by atoms with Gasteiger partial charge in [0.25, 0.3) is 0 Å². The van der Waals surface area contributed by atoms with Crippen LogP contribution in [0.3, 0.4) is 0 Å². The van der Waals surface area contributed by atoms with Crippen molar-refractivity contribution in [2.75, 3.05) is 6.54 Å². The third kappa shape index (κ3) is 2.39. The summed E-state index contributed by atoms with van der Waals surface area (Å²) >= 11 is 0. The van der Waals surface area contributed by atoms with E-state index in [1.807, 2.05) is 11.7 Å². The summed E-state index contributed by atoms with van der Waals surface area (Å²) in [6, 6.07) is 6.46. The first-order valence-corrected chi connectivity index (χ1v) is 5.92. The van der Waals surface area contributed by atoms with Crippen molar-refractivity contribution < 1.29 is 0 Å². The number of benzene rings is 1. The van der Waals surface area contributed by atoms with Gasteiger partial charge in [0.05, 0.1) is 5.69 Å². The molecule has 2 rings (SSSR count). The number of nitrogens with zero attached hydrogens (tertiary/aromatic N) is 2. The Kier molecular flexibility index (Phi) is 3.29. The molecule has 1 aromatic heterocycles. The van der Waals surface area contributed by atoms with Crippen molar-refractivity contribution >= 4 is 0 Å². The van der Waals surface area contributed by atoms with Crippen molar-refractivity contribution in [2.24, 2.45) is 12.8 Å². The maximum atomic E-state index is 5.64. The lowest BCUT2D eigenvalue weighted by molar-refractivity contribution is 0.769. The molecule has 0 radical (unpaired) electrons. The summed E-state index contributed by atoms with van der Waals surface area (Å²) in [5.41, 5.74) is 11.7. The Labute approximate surface area is 102 Å². The lowest BCUT2D eigenvalue weighted by atomic mass is 10.00. The third-order valence-corrected chi connectivity index (χ3v) is 2.96. The molecule has 2 aromatic rings. The summed E-state index contributed by atoms with van der Waals surface area (Å²) in [7, 11) is 1.95. The second-order valence-electron chi connectivity index (χ2n) is 4.53. The zero-order valence-corrected chi connectivity index (χ0v) is 10.7. The fourth-order valence-corrected chi connectivity index (χ4v) is 2.18. The van der Waals surface area contributed by atoms with Crippen LogP contribution in [0.1, 0.15) is 16.7 Å². The molecule has 17 heavy (non-hydrogen) atoms. The highest BCUT2D eigenvalue weighted by Gasteiger charge is 2.11. The molecule has 1 heterocycles. The molecule has 0 aliphatic carbocycles. The van der Waals surface area contributed by atoms with Crippen molar-refractivity contribution in [1.29, 1.82) is 0 Å². The minimum Gasteiger partial charge on any atom is -0.330 e. The van der Waals surface area contributed by atoms with Gasteiger partial charge >= 0.3 is 0 Å². The van der Waals surface area contributed by atoms with Gasteiger partial charge in [-0.1, -0.05) is 23.8 Å². The second kappa shape index (κ2) is 4.72. The van der Waals surface area contributed by atoms with Gasteiger partial charge in [-0.25, -0.2) is 0 Å². The fourth-order valence-electron chi connectivity index (χ4n) is 2.18. The molecule has 3 heteroatoms. The minimum absolute atomic E-state index is 0.656. The number of aromatic nitrogens is 2. The van der Waals surface area contributed by atoms with E-state index >= 15 is 0 Å². The first-order valence-electron chi connectivity index (χ1n) is 5.92. The monoisotopic (exact) mass is 229 g/mol. The van der Waals surface area contributed by atoms with E-state index in [1.54, 1.807) is 0 Å². The van der Waals surface area contributed by atoms with Crippen LogP contribution in [0, 0.1) is 13.8 Å². The van der Waals surface area contributed by atoms with E-state index in [0.717, 1.165) is 12.1 Å². The van der Waals surface area contributed by atoms with Gasteiger partial charge in [0.1, 0.15) is 0 Å². The number of rotatable bonds is 3. The fraction of sp³-hybridized carbons (Fsp3) is 0.357. The largest absolute Gasteiger partial charge is 0.330 e. The zero-order valence-electron chi connectivity index (χ0n) is 10.7. The van der Waals surface area contributed by atoms with Gasteiger partial charge < -0.3 is 5.73 Å². The van der Waals surface area contributed by atoms with Crippen LogP contribution in [-0.4, -0.2) is 16.3 Å². The number of hydrogen-bond donors (Lipinski definition) is 1. The summed E-state index contributed by atoms with van der Waals surface area (Å²) in [6.45, 7) is 4.89. The number of aryl methyl sites for hydroxylation is 3. The van der Waals surface area contributed by atoms with Crippen molar-refractivity contribution in [3.8, 4) is 11.3 Å². The molecule has 1 aromatic carbocycles. The molecular weight excluding hydrogens is 210 g/mol. The quantitative estimate of drug-likeness (QED) is 0.877. The van der Waals surface area contributed by atoms with Crippen LogP contribution in [0.4, 0.5) is 0 Å². The molecule has 0 spiro atoms.